The van der Waals surface area contributed by atoms with Crippen LogP contribution in [-0.4, -0.2) is 28.7 Å². The van der Waals surface area contributed by atoms with Crippen LogP contribution in [0.4, 0.5) is 0 Å². The van der Waals surface area contributed by atoms with Crippen LogP contribution in [0.2, 0.25) is 0 Å². The zero-order valence-corrected chi connectivity index (χ0v) is 10.9. The molecule has 1 saturated heterocycles. The van der Waals surface area contributed by atoms with E-state index in [1.165, 1.54) is 0 Å². The first-order valence-electron chi connectivity index (χ1n) is 6.73. The number of carbonyl (C=O) groups is 3. The topological polar surface area (TPSA) is 88.2 Å². The number of aromatic nitrogens is 1. The molecule has 2 atom stereocenters. The van der Waals surface area contributed by atoms with Crippen LogP contribution in [-0.2, 0) is 20.8 Å². The Hall–Kier alpha value is -2.24. The number of hydrogen-bond acceptors (Lipinski definition) is 4. The fraction of sp³-hybridized carbons (Fsp3) is 0.429. The summed E-state index contributed by atoms with van der Waals surface area (Å²) in [5.74, 6) is -1.11. The van der Waals surface area contributed by atoms with E-state index >= 15 is 0 Å². The molecule has 1 aliphatic carbocycles. The molecule has 1 aromatic rings. The Morgan fingerprint density at radius 2 is 2.15 bits per heavy atom. The maximum atomic E-state index is 12.3. The van der Waals surface area contributed by atoms with Crippen molar-refractivity contribution in [3.8, 4) is 0 Å². The molecular weight excluding hydrogens is 258 g/mol. The average Bonchev–Trinajstić information content (AvgIpc) is 2.86. The van der Waals surface area contributed by atoms with Crippen molar-refractivity contribution >= 4 is 17.7 Å². The van der Waals surface area contributed by atoms with E-state index in [9.17, 15) is 14.4 Å². The van der Waals surface area contributed by atoms with Gasteiger partial charge in [-0.1, -0.05) is 6.07 Å². The third kappa shape index (κ3) is 2.29. The number of amides is 3. The number of fused-ring (bicyclic) bond motifs is 1. The number of aryl methyl sites for hydroxylation is 1. The van der Waals surface area contributed by atoms with Gasteiger partial charge in [-0.15, -0.1) is 0 Å². The van der Waals surface area contributed by atoms with Gasteiger partial charge in [-0.25, -0.2) is 0 Å². The SMILES string of the molecule is O=C1CC[C@H](NC(=O)C2CCc3ncccc32)C(=O)N1. The van der Waals surface area contributed by atoms with Crippen LogP contribution >= 0.6 is 0 Å². The van der Waals surface area contributed by atoms with E-state index < -0.39 is 11.9 Å². The quantitative estimate of drug-likeness (QED) is 0.744. The molecule has 6 nitrogen and oxygen atoms in total. The zero-order valence-electron chi connectivity index (χ0n) is 10.9. The summed E-state index contributed by atoms with van der Waals surface area (Å²) in [6.07, 6.45) is 3.84. The van der Waals surface area contributed by atoms with E-state index in [1.807, 2.05) is 12.1 Å². The van der Waals surface area contributed by atoms with Gasteiger partial charge in [0.05, 0.1) is 5.92 Å². The summed E-state index contributed by atoms with van der Waals surface area (Å²) in [4.78, 5) is 39.3. The lowest BCUT2D eigenvalue weighted by Gasteiger charge is -2.23. The van der Waals surface area contributed by atoms with Crippen LogP contribution in [0.15, 0.2) is 18.3 Å². The predicted molar refractivity (Wildman–Crippen MR) is 69.6 cm³/mol. The molecule has 1 aliphatic heterocycles. The van der Waals surface area contributed by atoms with Gasteiger partial charge in [0.25, 0.3) is 0 Å². The standard InChI is InChI=1S/C14H15N3O3/c18-12-6-5-11(14(20)17-12)16-13(19)9-3-4-10-8(9)2-1-7-15-10/h1-2,7,9,11H,3-6H2,(H,16,19)(H,17,18,20)/t9?,11-/m0/s1. The van der Waals surface area contributed by atoms with Crippen LogP contribution in [0.5, 0.6) is 0 Å². The second-order valence-electron chi connectivity index (χ2n) is 5.14. The molecule has 0 spiro atoms. The molecular formula is C14H15N3O3. The second-order valence-corrected chi connectivity index (χ2v) is 5.14. The Morgan fingerprint density at radius 3 is 2.95 bits per heavy atom. The molecule has 2 aliphatic rings. The minimum atomic E-state index is -0.610. The van der Waals surface area contributed by atoms with Crippen LogP contribution in [0, 0.1) is 0 Å². The molecule has 6 heteroatoms. The summed E-state index contributed by atoms with van der Waals surface area (Å²) in [5.41, 5.74) is 1.90. The molecule has 1 aromatic heterocycles. The number of nitrogens with zero attached hydrogens (tertiary/aromatic N) is 1. The van der Waals surface area contributed by atoms with Crippen molar-refractivity contribution in [2.45, 2.75) is 37.6 Å². The Morgan fingerprint density at radius 1 is 1.30 bits per heavy atom. The van der Waals surface area contributed by atoms with Gasteiger partial charge in [-0.2, -0.15) is 0 Å². The van der Waals surface area contributed by atoms with Gasteiger partial charge in [-0.05, 0) is 30.9 Å². The van der Waals surface area contributed by atoms with Crippen LogP contribution in [0.1, 0.15) is 36.4 Å². The summed E-state index contributed by atoms with van der Waals surface area (Å²) in [7, 11) is 0. The largest absolute Gasteiger partial charge is 0.344 e. The molecule has 1 fully saturated rings. The van der Waals surface area contributed by atoms with Crippen LogP contribution < -0.4 is 10.6 Å². The summed E-state index contributed by atoms with van der Waals surface area (Å²) in [6.45, 7) is 0. The van der Waals surface area contributed by atoms with Crippen molar-refractivity contribution in [1.82, 2.24) is 15.6 Å². The molecule has 0 aromatic carbocycles. The molecule has 104 valence electrons. The highest BCUT2D eigenvalue weighted by Gasteiger charge is 2.33. The monoisotopic (exact) mass is 273 g/mol. The van der Waals surface area contributed by atoms with Gasteiger partial charge in [0.2, 0.25) is 17.7 Å². The van der Waals surface area contributed by atoms with Crippen molar-refractivity contribution in [2.75, 3.05) is 0 Å². The minimum Gasteiger partial charge on any atom is -0.344 e. The molecule has 2 heterocycles. The van der Waals surface area contributed by atoms with Gasteiger partial charge in [0, 0.05) is 18.3 Å². The maximum absolute atomic E-state index is 12.3. The van der Waals surface area contributed by atoms with Crippen molar-refractivity contribution in [1.29, 1.82) is 0 Å². The number of carbonyl (C=O) groups excluding carboxylic acids is 3. The molecule has 2 N–H and O–H groups in total. The summed E-state index contributed by atoms with van der Waals surface area (Å²) in [5, 5.41) is 4.98. The lowest BCUT2D eigenvalue weighted by molar-refractivity contribution is -0.137. The predicted octanol–water partition coefficient (Wildman–Crippen LogP) is 0.0328. The molecule has 0 saturated carbocycles. The van der Waals surface area contributed by atoms with E-state index in [-0.39, 0.29) is 24.2 Å². The molecule has 0 bridgehead atoms. The fourth-order valence-corrected chi connectivity index (χ4v) is 2.79. The van der Waals surface area contributed by atoms with E-state index in [4.69, 9.17) is 0 Å². The molecule has 3 amide bonds. The summed E-state index contributed by atoms with van der Waals surface area (Å²) in [6, 6.07) is 3.11. The fourth-order valence-electron chi connectivity index (χ4n) is 2.79. The first kappa shape index (κ1) is 12.8. The number of nitrogens with one attached hydrogen (secondary N) is 2. The van der Waals surface area contributed by atoms with Gasteiger partial charge in [-0.3, -0.25) is 24.7 Å². The third-order valence-corrected chi connectivity index (χ3v) is 3.84. The number of imide groups is 1. The molecule has 20 heavy (non-hydrogen) atoms. The average molecular weight is 273 g/mol. The zero-order chi connectivity index (χ0) is 14.1. The Balaban J connectivity index is 1.69. The van der Waals surface area contributed by atoms with Gasteiger partial charge < -0.3 is 5.32 Å². The van der Waals surface area contributed by atoms with E-state index in [0.717, 1.165) is 17.7 Å². The lowest BCUT2D eigenvalue weighted by Crippen LogP contribution is -2.53. The Labute approximate surface area is 116 Å². The normalized spacial score (nSPS) is 25.0. The number of rotatable bonds is 2. The minimum absolute atomic E-state index is 0.161. The van der Waals surface area contributed by atoms with Crippen molar-refractivity contribution in [2.24, 2.45) is 0 Å². The van der Waals surface area contributed by atoms with Crippen LogP contribution in [0.25, 0.3) is 0 Å². The van der Waals surface area contributed by atoms with Crippen LogP contribution in [0.3, 0.4) is 0 Å². The summed E-state index contributed by atoms with van der Waals surface area (Å²) >= 11 is 0. The van der Waals surface area contributed by atoms with Crippen molar-refractivity contribution in [3.63, 3.8) is 0 Å². The van der Waals surface area contributed by atoms with E-state index in [1.54, 1.807) is 6.20 Å². The van der Waals surface area contributed by atoms with E-state index in [0.29, 0.717) is 12.8 Å². The Kier molecular flexibility index (Phi) is 3.22. The first-order chi connectivity index (χ1) is 9.65. The third-order valence-electron chi connectivity index (χ3n) is 3.84. The van der Waals surface area contributed by atoms with Gasteiger partial charge in [0.1, 0.15) is 6.04 Å². The van der Waals surface area contributed by atoms with Crippen molar-refractivity contribution in [3.05, 3.63) is 29.6 Å². The second kappa shape index (κ2) is 5.03. The van der Waals surface area contributed by atoms with Gasteiger partial charge >= 0.3 is 0 Å². The summed E-state index contributed by atoms with van der Waals surface area (Å²) < 4.78 is 0. The maximum Gasteiger partial charge on any atom is 0.249 e. The highest BCUT2D eigenvalue weighted by molar-refractivity contribution is 6.02. The molecule has 1 unspecified atom stereocenters. The van der Waals surface area contributed by atoms with E-state index in [2.05, 4.69) is 15.6 Å². The Bertz CT molecular complexity index is 585. The lowest BCUT2D eigenvalue weighted by atomic mass is 10.00. The smallest absolute Gasteiger partial charge is 0.249 e. The molecule has 0 radical (unpaired) electrons. The molecule has 3 rings (SSSR count). The number of hydrogen-bond donors (Lipinski definition) is 2. The first-order valence-corrected chi connectivity index (χ1v) is 6.73. The van der Waals surface area contributed by atoms with Gasteiger partial charge in [0.15, 0.2) is 0 Å². The highest BCUT2D eigenvalue weighted by Crippen LogP contribution is 2.31. The highest BCUT2D eigenvalue weighted by atomic mass is 16.2. The van der Waals surface area contributed by atoms with Crippen molar-refractivity contribution < 1.29 is 14.4 Å². The number of piperidine rings is 1. The number of pyridine rings is 1.